The molecule has 0 aliphatic carbocycles. The van der Waals surface area contributed by atoms with Gasteiger partial charge in [0.15, 0.2) is 0 Å². The fourth-order valence-corrected chi connectivity index (χ4v) is 3.69. The van der Waals surface area contributed by atoms with Crippen molar-refractivity contribution in [1.82, 2.24) is 19.5 Å². The molecule has 0 heterocycles. The van der Waals surface area contributed by atoms with Gasteiger partial charge in [0.05, 0.1) is 0 Å². The lowest BCUT2D eigenvalue weighted by molar-refractivity contribution is 0.200. The van der Waals surface area contributed by atoms with Crippen LogP contribution in [-0.2, 0) is 0 Å². The SMILES string of the molecule is CCN(CC)CCC(CN(Cl)CCNCCCCCCCCCCl)N(C)C. The van der Waals surface area contributed by atoms with Crippen LogP contribution in [0, 0.1) is 0 Å². The van der Waals surface area contributed by atoms with Gasteiger partial charge in [-0.25, -0.2) is 4.42 Å². The molecular formula is C21H46Cl2N4. The largest absolute Gasteiger partial charge is 0.315 e. The maximum atomic E-state index is 6.47. The molecule has 0 aliphatic rings. The maximum absolute atomic E-state index is 6.47. The zero-order valence-corrected chi connectivity index (χ0v) is 20.0. The van der Waals surface area contributed by atoms with Crippen LogP contribution in [-0.4, -0.2) is 86.0 Å². The number of alkyl halides is 1. The number of hydrogen-bond acceptors (Lipinski definition) is 4. The fourth-order valence-electron chi connectivity index (χ4n) is 3.26. The van der Waals surface area contributed by atoms with Crippen LogP contribution in [0.3, 0.4) is 0 Å². The summed E-state index contributed by atoms with van der Waals surface area (Å²) >= 11 is 12.2. The van der Waals surface area contributed by atoms with Crippen molar-refractivity contribution in [2.75, 3.05) is 65.8 Å². The van der Waals surface area contributed by atoms with Gasteiger partial charge in [0.25, 0.3) is 0 Å². The van der Waals surface area contributed by atoms with Crippen LogP contribution in [0.15, 0.2) is 0 Å². The Morgan fingerprint density at radius 2 is 1.41 bits per heavy atom. The molecule has 1 unspecified atom stereocenters. The summed E-state index contributed by atoms with van der Waals surface area (Å²) < 4.78 is 1.96. The molecule has 0 radical (unpaired) electrons. The molecule has 0 saturated carbocycles. The van der Waals surface area contributed by atoms with Crippen molar-refractivity contribution >= 4 is 23.4 Å². The van der Waals surface area contributed by atoms with E-state index in [1.807, 2.05) is 4.42 Å². The van der Waals surface area contributed by atoms with Gasteiger partial charge in [0, 0.05) is 31.6 Å². The van der Waals surface area contributed by atoms with Crippen LogP contribution in [0.4, 0.5) is 0 Å². The Kier molecular flexibility index (Phi) is 20.0. The number of unbranched alkanes of at least 4 members (excludes halogenated alkanes) is 6. The summed E-state index contributed by atoms with van der Waals surface area (Å²) in [6, 6.07) is 0.502. The molecule has 0 spiro atoms. The first-order chi connectivity index (χ1) is 13.0. The van der Waals surface area contributed by atoms with Gasteiger partial charge in [-0.1, -0.05) is 46.0 Å². The average Bonchev–Trinajstić information content (AvgIpc) is 2.65. The summed E-state index contributed by atoms with van der Waals surface area (Å²) in [6.45, 7) is 11.7. The van der Waals surface area contributed by atoms with E-state index in [1.165, 1.54) is 44.9 Å². The molecule has 0 aromatic rings. The summed E-state index contributed by atoms with van der Waals surface area (Å²) in [7, 11) is 4.32. The van der Waals surface area contributed by atoms with Gasteiger partial charge in [-0.05, 0) is 71.3 Å². The highest BCUT2D eigenvalue weighted by Gasteiger charge is 2.16. The summed E-state index contributed by atoms with van der Waals surface area (Å²) in [5, 5.41) is 3.53. The fraction of sp³-hybridized carbons (Fsp3) is 1.00. The Morgan fingerprint density at radius 3 is 1.96 bits per heavy atom. The van der Waals surface area contributed by atoms with Crippen molar-refractivity contribution in [1.29, 1.82) is 0 Å². The monoisotopic (exact) mass is 424 g/mol. The summed E-state index contributed by atoms with van der Waals surface area (Å²) in [6.07, 6.45) is 10.3. The summed E-state index contributed by atoms with van der Waals surface area (Å²) in [5.74, 6) is 0.812. The second-order valence-corrected chi connectivity index (χ2v) is 8.57. The third kappa shape index (κ3) is 17.0. The first-order valence-electron chi connectivity index (χ1n) is 11.1. The van der Waals surface area contributed by atoms with E-state index in [4.69, 9.17) is 23.4 Å². The third-order valence-corrected chi connectivity index (χ3v) is 5.90. The molecule has 0 aliphatic heterocycles. The minimum Gasteiger partial charge on any atom is -0.315 e. The smallest absolute Gasteiger partial charge is 0.0296 e. The Hall–Kier alpha value is 0.420. The number of rotatable bonds is 20. The van der Waals surface area contributed by atoms with E-state index in [1.54, 1.807) is 0 Å². The molecule has 164 valence electrons. The van der Waals surface area contributed by atoms with Gasteiger partial charge in [-0.3, -0.25) is 0 Å². The Morgan fingerprint density at radius 1 is 0.815 bits per heavy atom. The van der Waals surface area contributed by atoms with Crippen molar-refractivity contribution in [3.63, 3.8) is 0 Å². The Bertz CT molecular complexity index is 302. The van der Waals surface area contributed by atoms with Crippen molar-refractivity contribution in [2.45, 2.75) is 71.3 Å². The predicted octanol–water partition coefficient (Wildman–Crippen LogP) is 4.66. The lowest BCUT2D eigenvalue weighted by Crippen LogP contribution is -2.41. The molecule has 0 rings (SSSR count). The van der Waals surface area contributed by atoms with Crippen molar-refractivity contribution in [3.05, 3.63) is 0 Å². The summed E-state index contributed by atoms with van der Waals surface area (Å²) in [5.41, 5.74) is 0. The second kappa shape index (κ2) is 19.7. The zero-order valence-electron chi connectivity index (χ0n) is 18.5. The summed E-state index contributed by atoms with van der Waals surface area (Å²) in [4.78, 5) is 4.79. The number of nitrogens with zero attached hydrogens (tertiary/aromatic N) is 3. The number of hydrogen-bond donors (Lipinski definition) is 1. The molecule has 0 aromatic carbocycles. The molecule has 4 nitrogen and oxygen atoms in total. The first kappa shape index (κ1) is 27.4. The van der Waals surface area contributed by atoms with Crippen molar-refractivity contribution in [3.8, 4) is 0 Å². The standard InChI is InChI=1S/C21H46Cl2N4/c1-5-26(6-2)18-14-21(25(3)4)20-27(23)19-17-24-16-13-11-9-7-8-10-12-15-22/h21,24H,5-20H2,1-4H3. The molecule has 1 N–H and O–H groups in total. The minimum absolute atomic E-state index is 0.502. The maximum Gasteiger partial charge on any atom is 0.0296 e. The number of nitrogens with one attached hydrogen (secondary N) is 1. The number of halogens is 2. The second-order valence-electron chi connectivity index (χ2n) is 7.72. The predicted molar refractivity (Wildman–Crippen MR) is 123 cm³/mol. The quantitative estimate of drug-likeness (QED) is 0.174. The minimum atomic E-state index is 0.502. The molecule has 0 aromatic heterocycles. The molecular weight excluding hydrogens is 379 g/mol. The average molecular weight is 426 g/mol. The Labute approximate surface area is 180 Å². The first-order valence-corrected chi connectivity index (χ1v) is 12.0. The van der Waals surface area contributed by atoms with Crippen LogP contribution in [0.5, 0.6) is 0 Å². The van der Waals surface area contributed by atoms with Crippen molar-refractivity contribution in [2.24, 2.45) is 0 Å². The van der Waals surface area contributed by atoms with E-state index in [2.05, 4.69) is 43.1 Å². The lowest BCUT2D eigenvalue weighted by atomic mass is 10.1. The number of likely N-dealkylation sites (N-methyl/N-ethyl adjacent to an activating group) is 1. The van der Waals surface area contributed by atoms with Crippen LogP contribution in [0.25, 0.3) is 0 Å². The molecule has 0 saturated heterocycles. The van der Waals surface area contributed by atoms with Gasteiger partial charge in [0.1, 0.15) is 0 Å². The molecule has 1 atom stereocenters. The molecule has 6 heteroatoms. The van der Waals surface area contributed by atoms with Gasteiger partial charge >= 0.3 is 0 Å². The van der Waals surface area contributed by atoms with E-state index < -0.39 is 0 Å². The van der Waals surface area contributed by atoms with Gasteiger partial charge in [-0.15, -0.1) is 11.6 Å². The zero-order chi connectivity index (χ0) is 20.3. The molecule has 0 fully saturated rings. The van der Waals surface area contributed by atoms with E-state index in [-0.39, 0.29) is 0 Å². The Balaban J connectivity index is 3.67. The van der Waals surface area contributed by atoms with Gasteiger partial charge in [0.2, 0.25) is 0 Å². The molecule has 0 bridgehead atoms. The van der Waals surface area contributed by atoms with Crippen LogP contribution in [0.2, 0.25) is 0 Å². The van der Waals surface area contributed by atoms with E-state index in [0.717, 1.165) is 58.1 Å². The topological polar surface area (TPSA) is 21.8 Å². The van der Waals surface area contributed by atoms with Gasteiger partial charge < -0.3 is 15.1 Å². The van der Waals surface area contributed by atoms with Crippen molar-refractivity contribution < 1.29 is 0 Å². The van der Waals surface area contributed by atoms with E-state index in [9.17, 15) is 0 Å². The lowest BCUT2D eigenvalue weighted by Gasteiger charge is -2.30. The third-order valence-electron chi connectivity index (χ3n) is 5.33. The van der Waals surface area contributed by atoms with Crippen LogP contribution in [0.1, 0.15) is 65.2 Å². The van der Waals surface area contributed by atoms with E-state index >= 15 is 0 Å². The highest BCUT2D eigenvalue weighted by molar-refractivity contribution is 6.17. The molecule has 27 heavy (non-hydrogen) atoms. The normalized spacial score (nSPS) is 13.2. The van der Waals surface area contributed by atoms with E-state index in [0.29, 0.717) is 6.04 Å². The highest BCUT2D eigenvalue weighted by Crippen LogP contribution is 2.08. The molecule has 0 amide bonds. The highest BCUT2D eigenvalue weighted by atomic mass is 35.5. The van der Waals surface area contributed by atoms with Crippen LogP contribution >= 0.6 is 23.4 Å². The van der Waals surface area contributed by atoms with Crippen LogP contribution < -0.4 is 5.32 Å². The van der Waals surface area contributed by atoms with Gasteiger partial charge in [-0.2, -0.15) is 0 Å².